The maximum atomic E-state index is 12.9. The van der Waals surface area contributed by atoms with Crippen molar-refractivity contribution in [2.24, 2.45) is 0 Å². The molecule has 1 amide bonds. The molecule has 0 bridgehead atoms. The number of benzene rings is 1. The van der Waals surface area contributed by atoms with Crippen molar-refractivity contribution in [3.8, 4) is 0 Å². The number of fused-ring (bicyclic) bond motifs is 1. The average Bonchev–Trinajstić information content (AvgIpc) is 3.24. The zero-order valence-electron chi connectivity index (χ0n) is 20.3. The van der Waals surface area contributed by atoms with E-state index in [4.69, 9.17) is 10.5 Å². The molecular weight excluding hydrogens is 540 g/mol. The molecule has 0 radical (unpaired) electrons. The quantitative estimate of drug-likeness (QED) is 0.0871. The predicted octanol–water partition coefficient (Wildman–Crippen LogP) is 4.84. The number of hydrogen-bond acceptors (Lipinski definition) is 13. The zero-order chi connectivity index (χ0) is 27.2. The second-order valence-corrected chi connectivity index (χ2v) is 9.23. The van der Waals surface area contributed by atoms with Crippen LogP contribution in [0, 0.1) is 0 Å². The van der Waals surface area contributed by atoms with Crippen LogP contribution in [0.15, 0.2) is 61.1 Å². The van der Waals surface area contributed by atoms with Gasteiger partial charge in [0.2, 0.25) is 18.1 Å². The first-order valence-corrected chi connectivity index (χ1v) is 12.6. The highest BCUT2D eigenvalue weighted by Gasteiger charge is 2.29. The molecule has 16 heteroatoms. The van der Waals surface area contributed by atoms with Gasteiger partial charge in [-0.1, -0.05) is 19.9 Å². The minimum absolute atomic E-state index is 0.102. The highest BCUT2D eigenvalue weighted by molar-refractivity contribution is 7.28. The number of nitrogens with one attached hydrogen (secondary N) is 3. The molecule has 1 aliphatic heterocycles. The highest BCUT2D eigenvalue weighted by atomic mass is 31.1. The van der Waals surface area contributed by atoms with Crippen molar-refractivity contribution < 1.29 is 44.1 Å². The Morgan fingerprint density at radius 2 is 1.87 bits per heavy atom. The summed E-state index contributed by atoms with van der Waals surface area (Å²) in [7, 11) is -1.34. The maximum absolute atomic E-state index is 12.9. The van der Waals surface area contributed by atoms with Crippen molar-refractivity contribution >= 4 is 41.2 Å². The Kier molecular flexibility index (Phi) is 12.1. The van der Waals surface area contributed by atoms with E-state index in [2.05, 4.69) is 74.6 Å². The third kappa shape index (κ3) is 9.15. The molecule has 2 aromatic heterocycles. The Bertz CT molecular complexity index is 1150. The molecule has 14 nitrogen and oxygen atoms in total. The Balaban J connectivity index is 0.000000342. The molecule has 1 aliphatic rings. The van der Waals surface area contributed by atoms with Crippen molar-refractivity contribution in [2.75, 3.05) is 22.5 Å². The van der Waals surface area contributed by atoms with Crippen LogP contribution < -0.4 is 16.0 Å². The van der Waals surface area contributed by atoms with Crippen LogP contribution in [0.25, 0.3) is 0 Å². The van der Waals surface area contributed by atoms with Crippen LogP contribution in [0.5, 0.6) is 0 Å². The van der Waals surface area contributed by atoms with Crippen LogP contribution in [-0.2, 0) is 40.7 Å². The molecule has 4 rings (SSSR count). The largest absolute Gasteiger partial charge is 0.384 e. The first-order chi connectivity index (χ1) is 18.4. The molecule has 38 heavy (non-hydrogen) atoms. The summed E-state index contributed by atoms with van der Waals surface area (Å²) < 4.78 is 15.5. The highest BCUT2D eigenvalue weighted by Crippen LogP contribution is 2.37. The summed E-state index contributed by atoms with van der Waals surface area (Å²) in [5.74, 6) is 0.361. The molecule has 0 spiro atoms. The molecule has 2 unspecified atom stereocenters. The third-order valence-electron chi connectivity index (χ3n) is 5.23. The number of carbonyl (C=O) groups excluding carboxylic acids is 1. The van der Waals surface area contributed by atoms with Crippen LogP contribution >= 0.6 is 18.1 Å². The van der Waals surface area contributed by atoms with Crippen LogP contribution in [-0.4, -0.2) is 32.9 Å². The number of nitrogens with zero attached hydrogens (tertiary/aromatic N) is 2. The predicted molar refractivity (Wildman–Crippen MR) is 140 cm³/mol. The van der Waals surface area contributed by atoms with Gasteiger partial charge < -0.3 is 16.0 Å². The van der Waals surface area contributed by atoms with Gasteiger partial charge in [0.05, 0.1) is 5.56 Å². The molecule has 204 valence electrons. The molecule has 2 atom stereocenters. The maximum Gasteiger partial charge on any atom is 0.259 e. The normalized spacial score (nSPS) is 13.7. The van der Waals surface area contributed by atoms with Gasteiger partial charge >= 0.3 is 0 Å². The number of hydrogen-bond donors (Lipinski definition) is 5. The summed E-state index contributed by atoms with van der Waals surface area (Å²) in [6.45, 7) is 5.88. The van der Waals surface area contributed by atoms with Gasteiger partial charge in [0.25, 0.3) is 5.91 Å². The minimum Gasteiger partial charge on any atom is -0.384 e. The van der Waals surface area contributed by atoms with Gasteiger partial charge in [-0.25, -0.2) is 15.5 Å². The lowest BCUT2D eigenvalue weighted by molar-refractivity contribution is -0.594. The van der Waals surface area contributed by atoms with Crippen molar-refractivity contribution in [3.05, 3.63) is 77.7 Å². The minimum atomic E-state index is -0.672. The molecule has 0 saturated heterocycles. The van der Waals surface area contributed by atoms with E-state index >= 15 is 0 Å². The number of rotatable bonds is 12. The van der Waals surface area contributed by atoms with Gasteiger partial charge in [0.1, 0.15) is 5.82 Å². The van der Waals surface area contributed by atoms with Gasteiger partial charge in [-0.05, 0) is 57.6 Å². The fourth-order valence-corrected chi connectivity index (χ4v) is 3.86. The number of carbonyl (C=O) groups is 1. The lowest BCUT2D eigenvalue weighted by Gasteiger charge is -2.17. The van der Waals surface area contributed by atoms with Gasteiger partial charge in [-0.3, -0.25) is 9.78 Å². The van der Waals surface area contributed by atoms with Crippen molar-refractivity contribution in [3.63, 3.8) is 0 Å². The van der Waals surface area contributed by atoms with Crippen molar-refractivity contribution in [1.29, 1.82) is 0 Å². The Morgan fingerprint density at radius 3 is 2.63 bits per heavy atom. The average molecular weight is 567 g/mol. The fourth-order valence-electron chi connectivity index (χ4n) is 3.48. The van der Waals surface area contributed by atoms with E-state index in [0.717, 1.165) is 23.5 Å². The van der Waals surface area contributed by atoms with Crippen LogP contribution in [0.4, 0.5) is 17.2 Å². The number of aromatic nitrogens is 2. The van der Waals surface area contributed by atoms with Crippen LogP contribution in [0.2, 0.25) is 0 Å². The van der Waals surface area contributed by atoms with Gasteiger partial charge in [0.15, 0.2) is 0 Å². The first kappa shape index (κ1) is 29.7. The van der Waals surface area contributed by atoms with Gasteiger partial charge in [-0.15, -0.1) is 0 Å². The molecule has 5 N–H and O–H groups in total. The second-order valence-electron chi connectivity index (χ2n) is 8.21. The summed E-state index contributed by atoms with van der Waals surface area (Å²) in [6.07, 6.45) is 5.16. The smallest absolute Gasteiger partial charge is 0.259 e. The lowest BCUT2D eigenvalue weighted by Crippen LogP contribution is -2.18. The standard InChI is InChI=1S/C22H23N5O.H4O8P2/c1-22(2)14-26-19-12-16(5-6-18(19)22)27-21(28)17-4-3-9-24-20(17)25-13-15-7-10-23-11-8-15;1-3-5-6-10-8-7-9-4-2/h3-12,26H,13-14H2,1-2H3,(H,24,25)(H,27,28);1-2,9-10H. The lowest BCUT2D eigenvalue weighted by atomic mass is 9.87. The number of anilines is 3. The summed E-state index contributed by atoms with van der Waals surface area (Å²) in [5, 5.41) is 31.2. The number of amides is 1. The number of pyridine rings is 2. The zero-order valence-corrected chi connectivity index (χ0v) is 22.3. The van der Waals surface area contributed by atoms with Crippen LogP contribution in [0.3, 0.4) is 0 Å². The Labute approximate surface area is 221 Å². The van der Waals surface area contributed by atoms with Crippen molar-refractivity contribution in [1.82, 2.24) is 9.97 Å². The Morgan fingerprint density at radius 1 is 1.08 bits per heavy atom. The summed E-state index contributed by atoms with van der Waals surface area (Å²) in [4.78, 5) is 21.2. The van der Waals surface area contributed by atoms with E-state index in [9.17, 15) is 4.79 Å². The van der Waals surface area contributed by atoms with Crippen molar-refractivity contribution in [2.45, 2.75) is 25.8 Å². The van der Waals surface area contributed by atoms with E-state index in [0.29, 0.717) is 17.9 Å². The summed E-state index contributed by atoms with van der Waals surface area (Å²) >= 11 is 0. The summed E-state index contributed by atoms with van der Waals surface area (Å²) in [6, 6.07) is 13.4. The molecular formula is C22H27N5O9P2. The van der Waals surface area contributed by atoms with Crippen LogP contribution in [0.1, 0.15) is 35.3 Å². The van der Waals surface area contributed by atoms with Gasteiger partial charge in [-0.2, -0.15) is 18.7 Å². The summed E-state index contributed by atoms with van der Waals surface area (Å²) in [5.41, 5.74) is 4.78. The van der Waals surface area contributed by atoms with E-state index < -0.39 is 18.1 Å². The topological polar surface area (TPSA) is 175 Å². The van der Waals surface area contributed by atoms with E-state index in [-0.39, 0.29) is 11.3 Å². The SMILES string of the molecule is CC1(C)CNc2cc(NC(=O)c3cccnc3NCc3ccncc3)ccc21.OOOOPOOPOO. The third-order valence-corrected chi connectivity index (χ3v) is 5.91. The monoisotopic (exact) mass is 567 g/mol. The fraction of sp³-hybridized carbons (Fsp3) is 0.227. The Hall–Kier alpha value is -2.87. The van der Waals surface area contributed by atoms with Gasteiger partial charge in [0, 0.05) is 48.5 Å². The second kappa shape index (κ2) is 15.5. The van der Waals surface area contributed by atoms with E-state index in [1.165, 1.54) is 5.56 Å². The molecule has 0 fully saturated rings. The molecule has 1 aromatic carbocycles. The molecule has 3 aromatic rings. The first-order valence-electron chi connectivity index (χ1n) is 11.0. The molecule has 0 saturated carbocycles. The molecule has 3 heterocycles. The van der Waals surface area contributed by atoms with E-state index in [1.807, 2.05) is 24.3 Å². The molecule has 0 aliphatic carbocycles. The van der Waals surface area contributed by atoms with E-state index in [1.54, 1.807) is 30.7 Å².